The predicted octanol–water partition coefficient (Wildman–Crippen LogP) is 5.16. The van der Waals surface area contributed by atoms with Gasteiger partial charge in [0.25, 0.3) is 0 Å². The molecule has 1 saturated heterocycles. The lowest BCUT2D eigenvalue weighted by molar-refractivity contribution is -0.128. The summed E-state index contributed by atoms with van der Waals surface area (Å²) in [6, 6.07) is 9.46. The Kier molecular flexibility index (Phi) is 12.8. The Hall–Kier alpha value is -2.94. The van der Waals surface area contributed by atoms with E-state index in [1.54, 1.807) is 9.80 Å². The fourth-order valence-electron chi connectivity index (χ4n) is 5.76. The van der Waals surface area contributed by atoms with Gasteiger partial charge in [-0.15, -0.1) is 11.3 Å². The number of thiazole rings is 1. The van der Waals surface area contributed by atoms with Crippen LogP contribution >= 0.6 is 34.5 Å². The number of halogens is 2. The fraction of sp³-hybridized carbons (Fsp3) is 0.485. The van der Waals surface area contributed by atoms with E-state index in [1.165, 1.54) is 11.3 Å². The molecular formula is C33H43Cl2N5O6S2. The minimum atomic E-state index is -4.25. The van der Waals surface area contributed by atoms with E-state index in [2.05, 4.69) is 10.3 Å². The highest BCUT2D eigenvalue weighted by Gasteiger charge is 2.40. The molecule has 15 heteroatoms. The topological polar surface area (TPSA) is 143 Å². The third-order valence-corrected chi connectivity index (χ3v) is 11.3. The number of carbonyl (C=O) groups is 2. The highest BCUT2D eigenvalue weighted by Crippen LogP contribution is 2.35. The van der Waals surface area contributed by atoms with Crippen molar-refractivity contribution < 1.29 is 28.2 Å². The molecule has 1 aliphatic rings. The Labute approximate surface area is 296 Å². The van der Waals surface area contributed by atoms with Gasteiger partial charge in [0.15, 0.2) is 5.75 Å². The molecule has 262 valence electrons. The summed E-state index contributed by atoms with van der Waals surface area (Å²) in [6.07, 6.45) is -1.15. The van der Waals surface area contributed by atoms with Crippen molar-refractivity contribution in [2.75, 3.05) is 26.2 Å². The Morgan fingerprint density at radius 3 is 2.29 bits per heavy atom. The van der Waals surface area contributed by atoms with Crippen LogP contribution < -0.4 is 5.32 Å². The SMILES string of the molecule is Cc1nc(CN2CCN([C@H](C(=O)N[C@@H](Cc3ccccc3)[C@@H](O)CN(CC(C)C)S(=O)(=O)c3cc(Cl)c(O)c(Cl)c3)C(C)C)C2=O)cs1. The predicted molar refractivity (Wildman–Crippen MR) is 188 cm³/mol. The van der Waals surface area contributed by atoms with Crippen molar-refractivity contribution in [2.24, 2.45) is 11.8 Å². The Morgan fingerprint density at radius 2 is 1.73 bits per heavy atom. The molecule has 3 aromatic rings. The minimum Gasteiger partial charge on any atom is -0.505 e. The van der Waals surface area contributed by atoms with Crippen LogP contribution in [-0.4, -0.2) is 94.0 Å². The molecule has 0 aliphatic carbocycles. The van der Waals surface area contributed by atoms with Gasteiger partial charge in [-0.1, -0.05) is 81.2 Å². The van der Waals surface area contributed by atoms with Crippen LogP contribution in [0.15, 0.2) is 52.7 Å². The van der Waals surface area contributed by atoms with Crippen molar-refractivity contribution in [1.29, 1.82) is 0 Å². The zero-order valence-electron chi connectivity index (χ0n) is 27.6. The normalized spacial score (nSPS) is 15.9. The van der Waals surface area contributed by atoms with Gasteiger partial charge in [0, 0.05) is 31.6 Å². The third-order valence-electron chi connectivity index (χ3n) is 8.06. The van der Waals surface area contributed by atoms with Crippen molar-refractivity contribution in [3.63, 3.8) is 0 Å². The van der Waals surface area contributed by atoms with E-state index in [9.17, 15) is 28.2 Å². The number of sulfonamides is 1. The summed E-state index contributed by atoms with van der Waals surface area (Å²) in [6.45, 7) is 10.1. The van der Waals surface area contributed by atoms with E-state index in [-0.39, 0.29) is 52.3 Å². The Balaban J connectivity index is 1.59. The van der Waals surface area contributed by atoms with Crippen LogP contribution in [0.5, 0.6) is 5.75 Å². The molecular weight excluding hydrogens is 697 g/mol. The Bertz CT molecular complexity index is 1670. The zero-order chi connectivity index (χ0) is 35.3. The molecule has 0 bridgehead atoms. The van der Waals surface area contributed by atoms with Crippen LogP contribution in [-0.2, 0) is 27.8 Å². The second-order valence-electron chi connectivity index (χ2n) is 12.8. The van der Waals surface area contributed by atoms with Crippen LogP contribution in [0.25, 0.3) is 0 Å². The molecule has 11 nitrogen and oxygen atoms in total. The number of aliphatic hydroxyl groups is 1. The first-order valence-corrected chi connectivity index (χ1v) is 18.8. The number of benzene rings is 2. The molecule has 48 heavy (non-hydrogen) atoms. The van der Waals surface area contributed by atoms with Crippen molar-refractivity contribution >= 4 is 56.5 Å². The number of aryl methyl sites for hydroxylation is 1. The molecule has 3 atom stereocenters. The number of phenols is 1. The number of nitrogens with zero attached hydrogens (tertiary/aromatic N) is 4. The third kappa shape index (κ3) is 9.19. The molecule has 0 unspecified atom stereocenters. The molecule has 1 aromatic heterocycles. The number of urea groups is 1. The molecule has 0 saturated carbocycles. The van der Waals surface area contributed by atoms with Gasteiger partial charge in [-0.25, -0.2) is 18.2 Å². The van der Waals surface area contributed by atoms with Crippen molar-refractivity contribution in [3.8, 4) is 5.75 Å². The average Bonchev–Trinajstić information content (AvgIpc) is 3.59. The summed E-state index contributed by atoms with van der Waals surface area (Å²) in [5.74, 6) is -1.26. The van der Waals surface area contributed by atoms with Gasteiger partial charge in [-0.3, -0.25) is 4.79 Å². The quantitative estimate of drug-likeness (QED) is 0.195. The van der Waals surface area contributed by atoms with Gasteiger partial charge in [0.05, 0.1) is 44.3 Å². The largest absolute Gasteiger partial charge is 0.505 e. The van der Waals surface area contributed by atoms with Crippen LogP contribution in [0.4, 0.5) is 4.79 Å². The van der Waals surface area contributed by atoms with E-state index in [1.807, 2.05) is 70.3 Å². The van der Waals surface area contributed by atoms with Crippen molar-refractivity contribution in [2.45, 2.75) is 70.7 Å². The highest BCUT2D eigenvalue weighted by molar-refractivity contribution is 7.89. The maximum absolute atomic E-state index is 14.0. The molecule has 0 radical (unpaired) electrons. The maximum atomic E-state index is 14.0. The van der Waals surface area contributed by atoms with E-state index in [0.717, 1.165) is 32.7 Å². The van der Waals surface area contributed by atoms with Gasteiger partial charge in [-0.2, -0.15) is 4.31 Å². The lowest BCUT2D eigenvalue weighted by atomic mass is 9.97. The van der Waals surface area contributed by atoms with Gasteiger partial charge in [0.1, 0.15) is 6.04 Å². The average molecular weight is 741 g/mol. The molecule has 3 amide bonds. The number of hydrogen-bond donors (Lipinski definition) is 3. The van der Waals surface area contributed by atoms with E-state index >= 15 is 0 Å². The van der Waals surface area contributed by atoms with Crippen LogP contribution in [0.3, 0.4) is 0 Å². The molecule has 1 fully saturated rings. The number of aromatic hydroxyl groups is 1. The number of aliphatic hydroxyl groups excluding tert-OH is 1. The van der Waals surface area contributed by atoms with E-state index < -0.39 is 39.9 Å². The van der Waals surface area contributed by atoms with Gasteiger partial charge in [0.2, 0.25) is 15.9 Å². The number of phenolic OH excluding ortho intramolecular Hbond substituents is 1. The van der Waals surface area contributed by atoms with Gasteiger partial charge in [-0.05, 0) is 42.9 Å². The van der Waals surface area contributed by atoms with Gasteiger partial charge < -0.3 is 25.3 Å². The summed E-state index contributed by atoms with van der Waals surface area (Å²) >= 11 is 13.6. The summed E-state index contributed by atoms with van der Waals surface area (Å²) < 4.78 is 28.9. The Morgan fingerprint density at radius 1 is 1.08 bits per heavy atom. The molecule has 4 rings (SSSR count). The number of carbonyl (C=O) groups excluding carboxylic acids is 2. The first-order valence-electron chi connectivity index (χ1n) is 15.8. The molecule has 1 aliphatic heterocycles. The van der Waals surface area contributed by atoms with Crippen LogP contribution in [0.2, 0.25) is 10.0 Å². The van der Waals surface area contributed by atoms with Crippen LogP contribution in [0, 0.1) is 18.8 Å². The summed E-state index contributed by atoms with van der Waals surface area (Å²) in [5.41, 5.74) is 1.61. The first-order chi connectivity index (χ1) is 22.6. The van der Waals surface area contributed by atoms with Crippen LogP contribution in [0.1, 0.15) is 44.0 Å². The lowest BCUT2D eigenvalue weighted by Gasteiger charge is -2.34. The monoisotopic (exact) mass is 739 g/mol. The minimum absolute atomic E-state index is 0.0484. The van der Waals surface area contributed by atoms with Gasteiger partial charge >= 0.3 is 6.03 Å². The number of aromatic nitrogens is 1. The molecule has 0 spiro atoms. The maximum Gasteiger partial charge on any atom is 0.321 e. The van der Waals surface area contributed by atoms with E-state index in [4.69, 9.17) is 23.2 Å². The molecule has 3 N–H and O–H groups in total. The smallest absolute Gasteiger partial charge is 0.321 e. The molecule has 2 aromatic carbocycles. The fourth-order valence-corrected chi connectivity index (χ4v) is 8.66. The standard InChI is InChI=1S/C33H43Cl2N5O6S2/c1-20(2)16-39(48(45,46)25-14-26(34)31(42)27(35)15-25)18-29(41)28(13-23-9-7-6-8-10-23)37-32(43)30(21(3)4)40-12-11-38(33(40)44)17-24-19-47-22(5)36-24/h6-10,14-15,19-21,28-30,41-42H,11-13,16-18H2,1-5H3,(H,37,43)/t28-,29-,30-/m0/s1. The summed E-state index contributed by atoms with van der Waals surface area (Å²) in [7, 11) is -4.25. The van der Waals surface area contributed by atoms with Crippen molar-refractivity contribution in [1.82, 2.24) is 24.4 Å². The van der Waals surface area contributed by atoms with E-state index in [0.29, 0.717) is 19.6 Å². The zero-order valence-corrected chi connectivity index (χ0v) is 30.8. The summed E-state index contributed by atoms with van der Waals surface area (Å²) in [5, 5.41) is 27.1. The second kappa shape index (κ2) is 16.2. The number of nitrogens with one attached hydrogen (secondary N) is 1. The first kappa shape index (κ1) is 37.9. The second-order valence-corrected chi connectivity index (χ2v) is 16.6. The number of amides is 3. The highest BCUT2D eigenvalue weighted by atomic mass is 35.5. The summed E-state index contributed by atoms with van der Waals surface area (Å²) in [4.78, 5) is 35.0. The lowest BCUT2D eigenvalue weighted by Crippen LogP contribution is -2.57. The number of rotatable bonds is 15. The molecule has 2 heterocycles. The number of hydrogen-bond acceptors (Lipinski definition) is 8. The van der Waals surface area contributed by atoms with Crippen molar-refractivity contribution in [3.05, 3.63) is 74.2 Å².